The molecule has 7 heteroatoms. The standard InChI is InChI=1S/C21H15F3N2O2/c1-28-20-7-4-14(22)10-15(20)13-3-6-19-18(9-13)25-21(27)26(19)11-12-2-5-16(23)17(24)8-12/h2-10H,11H2,1H3,(H,25,27). The van der Waals surface area contributed by atoms with Crippen LogP contribution in [0.3, 0.4) is 0 Å². The summed E-state index contributed by atoms with van der Waals surface area (Å²) in [5.41, 5.74) is 2.43. The van der Waals surface area contributed by atoms with Gasteiger partial charge in [-0.05, 0) is 53.6 Å². The summed E-state index contributed by atoms with van der Waals surface area (Å²) in [5.74, 6) is -1.81. The molecule has 28 heavy (non-hydrogen) atoms. The first kappa shape index (κ1) is 17.9. The lowest BCUT2D eigenvalue weighted by molar-refractivity contribution is 0.415. The summed E-state index contributed by atoms with van der Waals surface area (Å²) in [7, 11) is 1.50. The Morgan fingerprint density at radius 1 is 0.964 bits per heavy atom. The van der Waals surface area contributed by atoms with Crippen molar-refractivity contribution in [2.45, 2.75) is 6.54 Å². The van der Waals surface area contributed by atoms with Gasteiger partial charge in [0.05, 0.1) is 24.7 Å². The molecule has 4 aromatic rings. The van der Waals surface area contributed by atoms with Crippen LogP contribution < -0.4 is 10.4 Å². The van der Waals surface area contributed by atoms with Crippen LogP contribution in [0.5, 0.6) is 5.75 Å². The van der Waals surface area contributed by atoms with Crippen molar-refractivity contribution in [2.24, 2.45) is 0 Å². The van der Waals surface area contributed by atoms with Crippen molar-refractivity contribution in [1.29, 1.82) is 0 Å². The van der Waals surface area contributed by atoms with E-state index in [1.54, 1.807) is 18.2 Å². The fraction of sp³-hybridized carbons (Fsp3) is 0.0952. The van der Waals surface area contributed by atoms with E-state index in [0.717, 1.165) is 12.1 Å². The maximum absolute atomic E-state index is 13.7. The molecule has 4 nitrogen and oxygen atoms in total. The van der Waals surface area contributed by atoms with E-state index in [9.17, 15) is 18.0 Å². The van der Waals surface area contributed by atoms with Gasteiger partial charge in [0.15, 0.2) is 11.6 Å². The second kappa shape index (κ2) is 6.92. The predicted molar refractivity (Wildman–Crippen MR) is 100.0 cm³/mol. The Kier molecular flexibility index (Phi) is 4.43. The van der Waals surface area contributed by atoms with E-state index in [0.29, 0.717) is 33.5 Å². The molecular formula is C21H15F3N2O2. The minimum atomic E-state index is -0.967. The monoisotopic (exact) mass is 384 g/mol. The van der Waals surface area contributed by atoms with Gasteiger partial charge >= 0.3 is 5.69 Å². The van der Waals surface area contributed by atoms with Crippen LogP contribution in [0.25, 0.3) is 22.2 Å². The maximum atomic E-state index is 13.7. The van der Waals surface area contributed by atoms with Crippen molar-refractivity contribution >= 4 is 11.0 Å². The molecule has 1 aromatic heterocycles. The van der Waals surface area contributed by atoms with Gasteiger partial charge in [0.1, 0.15) is 11.6 Å². The molecule has 0 aliphatic heterocycles. The number of imidazole rings is 1. The number of benzene rings is 3. The van der Waals surface area contributed by atoms with E-state index in [1.165, 1.54) is 35.9 Å². The molecule has 0 aliphatic carbocycles. The number of fused-ring (bicyclic) bond motifs is 1. The number of aromatic amines is 1. The summed E-state index contributed by atoms with van der Waals surface area (Å²) in [6.07, 6.45) is 0. The highest BCUT2D eigenvalue weighted by Gasteiger charge is 2.13. The van der Waals surface area contributed by atoms with Crippen molar-refractivity contribution in [3.8, 4) is 16.9 Å². The van der Waals surface area contributed by atoms with E-state index in [1.807, 2.05) is 0 Å². The summed E-state index contributed by atoms with van der Waals surface area (Å²) in [6, 6.07) is 12.9. The zero-order chi connectivity index (χ0) is 19.8. The molecule has 4 rings (SSSR count). The molecule has 0 aliphatic rings. The van der Waals surface area contributed by atoms with E-state index in [-0.39, 0.29) is 12.2 Å². The minimum Gasteiger partial charge on any atom is -0.496 e. The molecule has 0 amide bonds. The van der Waals surface area contributed by atoms with Gasteiger partial charge < -0.3 is 9.72 Å². The quantitative estimate of drug-likeness (QED) is 0.564. The molecule has 142 valence electrons. The van der Waals surface area contributed by atoms with Gasteiger partial charge in [0, 0.05) is 5.56 Å². The third kappa shape index (κ3) is 3.15. The molecular weight excluding hydrogens is 369 g/mol. The number of hydrogen-bond acceptors (Lipinski definition) is 2. The van der Waals surface area contributed by atoms with Gasteiger partial charge in [-0.3, -0.25) is 4.57 Å². The van der Waals surface area contributed by atoms with Crippen molar-refractivity contribution in [3.63, 3.8) is 0 Å². The summed E-state index contributed by atoms with van der Waals surface area (Å²) in [5, 5.41) is 0. The lowest BCUT2D eigenvalue weighted by Crippen LogP contribution is -2.17. The van der Waals surface area contributed by atoms with Gasteiger partial charge in [-0.25, -0.2) is 18.0 Å². The van der Waals surface area contributed by atoms with E-state index in [4.69, 9.17) is 4.74 Å². The molecule has 1 N–H and O–H groups in total. The summed E-state index contributed by atoms with van der Waals surface area (Å²) >= 11 is 0. The second-order valence-corrected chi connectivity index (χ2v) is 6.34. The lowest BCUT2D eigenvalue weighted by Gasteiger charge is -2.09. The van der Waals surface area contributed by atoms with Gasteiger partial charge in [-0.2, -0.15) is 0 Å². The first-order valence-corrected chi connectivity index (χ1v) is 8.46. The van der Waals surface area contributed by atoms with Crippen LogP contribution in [0.15, 0.2) is 59.4 Å². The number of nitrogens with one attached hydrogen (secondary N) is 1. The average molecular weight is 384 g/mol. The minimum absolute atomic E-state index is 0.0820. The molecule has 0 unspecified atom stereocenters. The third-order valence-corrected chi connectivity index (χ3v) is 4.57. The van der Waals surface area contributed by atoms with Crippen LogP contribution in [0, 0.1) is 17.5 Å². The molecule has 0 bridgehead atoms. The van der Waals surface area contributed by atoms with Crippen molar-refractivity contribution in [2.75, 3.05) is 7.11 Å². The van der Waals surface area contributed by atoms with Crippen molar-refractivity contribution in [1.82, 2.24) is 9.55 Å². The predicted octanol–water partition coefficient (Wildman–Crippen LogP) is 4.47. The van der Waals surface area contributed by atoms with Gasteiger partial charge in [0.2, 0.25) is 0 Å². The largest absolute Gasteiger partial charge is 0.496 e. The Balaban J connectivity index is 1.78. The number of aromatic nitrogens is 2. The smallest absolute Gasteiger partial charge is 0.326 e. The second-order valence-electron chi connectivity index (χ2n) is 6.34. The molecule has 0 saturated heterocycles. The SMILES string of the molecule is COc1ccc(F)cc1-c1ccc2c(c1)[nH]c(=O)n2Cc1ccc(F)c(F)c1. The highest BCUT2D eigenvalue weighted by atomic mass is 19.2. The third-order valence-electron chi connectivity index (χ3n) is 4.57. The zero-order valence-corrected chi connectivity index (χ0v) is 14.8. The van der Waals surface area contributed by atoms with Crippen molar-refractivity contribution in [3.05, 3.63) is 88.1 Å². The summed E-state index contributed by atoms with van der Waals surface area (Å²) in [4.78, 5) is 15.1. The van der Waals surface area contributed by atoms with Crippen LogP contribution in [0.4, 0.5) is 13.2 Å². The fourth-order valence-electron chi connectivity index (χ4n) is 3.21. The van der Waals surface area contributed by atoms with Gasteiger partial charge in [0.25, 0.3) is 0 Å². The number of ether oxygens (including phenoxy) is 1. The highest BCUT2D eigenvalue weighted by Crippen LogP contribution is 2.32. The molecule has 0 fully saturated rings. The Morgan fingerprint density at radius 2 is 1.79 bits per heavy atom. The molecule has 0 saturated carbocycles. The Hall–Kier alpha value is -3.48. The Labute approximate surface area is 157 Å². The van der Waals surface area contributed by atoms with Crippen molar-refractivity contribution < 1.29 is 17.9 Å². The van der Waals surface area contributed by atoms with Crippen LogP contribution in [-0.2, 0) is 6.54 Å². The topological polar surface area (TPSA) is 47.0 Å². The number of methoxy groups -OCH3 is 1. The normalized spacial score (nSPS) is 11.1. The van der Waals surface area contributed by atoms with Crippen LogP contribution in [-0.4, -0.2) is 16.7 Å². The summed E-state index contributed by atoms with van der Waals surface area (Å²) < 4.78 is 47.0. The number of halogens is 3. The molecule has 0 spiro atoms. The first-order chi connectivity index (χ1) is 13.5. The lowest BCUT2D eigenvalue weighted by atomic mass is 10.0. The number of H-pyrrole nitrogens is 1. The molecule has 0 atom stereocenters. The fourth-order valence-corrected chi connectivity index (χ4v) is 3.21. The van der Waals surface area contributed by atoms with Crippen LogP contribution in [0.1, 0.15) is 5.56 Å². The number of hydrogen-bond donors (Lipinski definition) is 1. The maximum Gasteiger partial charge on any atom is 0.326 e. The van der Waals surface area contributed by atoms with Gasteiger partial charge in [-0.1, -0.05) is 12.1 Å². The van der Waals surface area contributed by atoms with E-state index < -0.39 is 17.5 Å². The zero-order valence-electron chi connectivity index (χ0n) is 14.8. The average Bonchev–Trinajstić information content (AvgIpc) is 2.99. The number of rotatable bonds is 4. The molecule has 1 heterocycles. The first-order valence-electron chi connectivity index (χ1n) is 8.46. The Morgan fingerprint density at radius 3 is 2.54 bits per heavy atom. The van der Waals surface area contributed by atoms with Gasteiger partial charge in [-0.15, -0.1) is 0 Å². The van der Waals surface area contributed by atoms with E-state index >= 15 is 0 Å². The number of nitrogens with zero attached hydrogens (tertiary/aromatic N) is 1. The van der Waals surface area contributed by atoms with E-state index in [2.05, 4.69) is 4.98 Å². The van der Waals surface area contributed by atoms with Crippen LogP contribution >= 0.6 is 0 Å². The summed E-state index contributed by atoms with van der Waals surface area (Å²) in [6.45, 7) is 0.0820. The molecule has 0 radical (unpaired) electrons. The Bertz CT molecular complexity index is 1240. The highest BCUT2D eigenvalue weighted by molar-refractivity contribution is 5.83. The molecule has 3 aromatic carbocycles. The van der Waals surface area contributed by atoms with Crippen LogP contribution in [0.2, 0.25) is 0 Å².